The standard InChI is InChI=1S/C24H32N2O6/c1-14(2)19(26-23(28)20-21(27)18(30-6)12-13-25-20)24(29)31-16(5)22(15(3)4)32-17-10-8-7-9-11-17/h7-16,19,22,27H,1-6H3,(H,26,28)/t16-,19-,22+/m0/s1. The summed E-state index contributed by atoms with van der Waals surface area (Å²) in [6.07, 6.45) is 0.394. The largest absolute Gasteiger partial charge is 0.503 e. The lowest BCUT2D eigenvalue weighted by molar-refractivity contribution is -0.157. The van der Waals surface area contributed by atoms with Gasteiger partial charge in [0, 0.05) is 12.3 Å². The third-order valence-corrected chi connectivity index (χ3v) is 4.97. The smallest absolute Gasteiger partial charge is 0.329 e. The van der Waals surface area contributed by atoms with Gasteiger partial charge < -0.3 is 24.6 Å². The minimum Gasteiger partial charge on any atom is -0.503 e. The molecule has 0 aliphatic rings. The van der Waals surface area contributed by atoms with Crippen molar-refractivity contribution in [2.45, 2.75) is 52.9 Å². The van der Waals surface area contributed by atoms with E-state index < -0.39 is 29.8 Å². The number of carbonyl (C=O) groups excluding carboxylic acids is 2. The summed E-state index contributed by atoms with van der Waals surface area (Å²) in [7, 11) is 1.37. The number of esters is 1. The van der Waals surface area contributed by atoms with Gasteiger partial charge in [-0.3, -0.25) is 4.79 Å². The van der Waals surface area contributed by atoms with Crippen LogP contribution in [0.2, 0.25) is 0 Å². The molecule has 0 spiro atoms. The molecule has 0 bridgehead atoms. The average Bonchev–Trinajstić information content (AvgIpc) is 2.75. The highest BCUT2D eigenvalue weighted by Gasteiger charge is 2.32. The van der Waals surface area contributed by atoms with Crippen LogP contribution in [0, 0.1) is 11.8 Å². The van der Waals surface area contributed by atoms with Gasteiger partial charge in [-0.15, -0.1) is 0 Å². The van der Waals surface area contributed by atoms with Crippen LogP contribution in [-0.2, 0) is 9.53 Å². The predicted octanol–water partition coefficient (Wildman–Crippen LogP) is 3.59. The summed E-state index contributed by atoms with van der Waals surface area (Å²) in [6, 6.07) is 9.81. The summed E-state index contributed by atoms with van der Waals surface area (Å²) in [4.78, 5) is 29.6. The van der Waals surface area contributed by atoms with Crippen LogP contribution in [0.15, 0.2) is 42.6 Å². The minimum absolute atomic E-state index is 0.0722. The number of nitrogens with zero attached hydrogens (tertiary/aromatic N) is 1. The number of ether oxygens (including phenoxy) is 3. The monoisotopic (exact) mass is 444 g/mol. The van der Waals surface area contributed by atoms with Gasteiger partial charge in [0.1, 0.15) is 24.0 Å². The van der Waals surface area contributed by atoms with Crippen LogP contribution < -0.4 is 14.8 Å². The molecular weight excluding hydrogens is 412 g/mol. The second-order valence-electron chi connectivity index (χ2n) is 8.19. The van der Waals surface area contributed by atoms with Gasteiger partial charge in [0.25, 0.3) is 5.91 Å². The second-order valence-corrected chi connectivity index (χ2v) is 8.19. The lowest BCUT2D eigenvalue weighted by Gasteiger charge is -2.30. The number of hydrogen-bond donors (Lipinski definition) is 2. The molecule has 3 atom stereocenters. The lowest BCUT2D eigenvalue weighted by atomic mass is 10.0. The maximum absolute atomic E-state index is 12.9. The Hall–Kier alpha value is -3.29. The number of rotatable bonds is 10. The molecule has 174 valence electrons. The molecule has 1 heterocycles. The van der Waals surface area contributed by atoms with Crippen LogP contribution in [-0.4, -0.2) is 47.3 Å². The molecule has 2 N–H and O–H groups in total. The highest BCUT2D eigenvalue weighted by atomic mass is 16.6. The fraction of sp³-hybridized carbons (Fsp3) is 0.458. The zero-order valence-electron chi connectivity index (χ0n) is 19.4. The van der Waals surface area contributed by atoms with Crippen molar-refractivity contribution in [3.05, 3.63) is 48.3 Å². The first-order valence-corrected chi connectivity index (χ1v) is 10.6. The van der Waals surface area contributed by atoms with E-state index in [4.69, 9.17) is 14.2 Å². The summed E-state index contributed by atoms with van der Waals surface area (Å²) >= 11 is 0. The molecule has 1 amide bonds. The van der Waals surface area contributed by atoms with Crippen molar-refractivity contribution in [3.8, 4) is 17.2 Å². The van der Waals surface area contributed by atoms with Crippen LogP contribution in [0.25, 0.3) is 0 Å². The molecule has 32 heavy (non-hydrogen) atoms. The van der Waals surface area contributed by atoms with Crippen molar-refractivity contribution >= 4 is 11.9 Å². The first-order valence-electron chi connectivity index (χ1n) is 10.6. The number of carbonyl (C=O) groups is 2. The first kappa shape index (κ1) is 25.0. The van der Waals surface area contributed by atoms with E-state index in [1.54, 1.807) is 20.8 Å². The van der Waals surface area contributed by atoms with E-state index >= 15 is 0 Å². The Morgan fingerprint density at radius 1 is 1.00 bits per heavy atom. The summed E-state index contributed by atoms with van der Waals surface area (Å²) in [6.45, 7) is 9.31. The van der Waals surface area contributed by atoms with Crippen molar-refractivity contribution in [1.82, 2.24) is 10.3 Å². The first-order chi connectivity index (χ1) is 15.1. The number of benzene rings is 1. The molecule has 0 saturated heterocycles. The van der Waals surface area contributed by atoms with Gasteiger partial charge in [-0.25, -0.2) is 9.78 Å². The van der Waals surface area contributed by atoms with Crippen LogP contribution in [0.3, 0.4) is 0 Å². The van der Waals surface area contributed by atoms with E-state index in [2.05, 4.69) is 10.3 Å². The molecule has 1 aromatic heterocycles. The van der Waals surface area contributed by atoms with E-state index in [9.17, 15) is 14.7 Å². The van der Waals surface area contributed by atoms with E-state index in [0.29, 0.717) is 5.75 Å². The molecule has 0 radical (unpaired) electrons. The Labute approximate surface area is 188 Å². The summed E-state index contributed by atoms with van der Waals surface area (Å²) in [5, 5.41) is 12.8. The number of aromatic nitrogens is 1. The van der Waals surface area contributed by atoms with Crippen LogP contribution >= 0.6 is 0 Å². The van der Waals surface area contributed by atoms with E-state index in [-0.39, 0.29) is 29.4 Å². The Morgan fingerprint density at radius 3 is 2.22 bits per heavy atom. The maximum atomic E-state index is 12.9. The number of methoxy groups -OCH3 is 1. The van der Waals surface area contributed by atoms with Crippen molar-refractivity contribution in [3.63, 3.8) is 0 Å². The molecule has 1 aromatic carbocycles. The third-order valence-electron chi connectivity index (χ3n) is 4.97. The van der Waals surface area contributed by atoms with Crippen molar-refractivity contribution in [2.75, 3.05) is 7.11 Å². The van der Waals surface area contributed by atoms with Gasteiger partial charge in [0.2, 0.25) is 0 Å². The quantitative estimate of drug-likeness (QED) is 0.539. The SMILES string of the molecule is COc1ccnc(C(=O)N[C@H](C(=O)O[C@@H](C)[C@H](Oc2ccccc2)C(C)C)C(C)C)c1O. The van der Waals surface area contributed by atoms with Gasteiger partial charge in [0.05, 0.1) is 7.11 Å². The number of amides is 1. The number of para-hydroxylation sites is 1. The van der Waals surface area contributed by atoms with Gasteiger partial charge in [-0.05, 0) is 30.9 Å². The molecule has 0 aliphatic carbocycles. The van der Waals surface area contributed by atoms with Gasteiger partial charge in [0.15, 0.2) is 17.2 Å². The highest BCUT2D eigenvalue weighted by molar-refractivity contribution is 5.98. The summed E-state index contributed by atoms with van der Waals surface area (Å²) in [5.74, 6) is -1.09. The average molecular weight is 445 g/mol. The lowest BCUT2D eigenvalue weighted by Crippen LogP contribution is -2.48. The number of pyridine rings is 1. The van der Waals surface area contributed by atoms with E-state index in [1.165, 1.54) is 19.4 Å². The molecule has 8 heteroatoms. The minimum atomic E-state index is -0.943. The number of hydrogen-bond acceptors (Lipinski definition) is 7. The van der Waals surface area contributed by atoms with Crippen LogP contribution in [0.5, 0.6) is 17.2 Å². The molecule has 2 rings (SSSR count). The summed E-state index contributed by atoms with van der Waals surface area (Å²) < 4.78 is 16.8. The molecule has 0 unspecified atom stereocenters. The van der Waals surface area contributed by atoms with E-state index in [0.717, 1.165) is 0 Å². The van der Waals surface area contributed by atoms with Crippen LogP contribution in [0.1, 0.15) is 45.1 Å². The number of aromatic hydroxyl groups is 1. The zero-order valence-corrected chi connectivity index (χ0v) is 19.4. The Morgan fingerprint density at radius 2 is 1.66 bits per heavy atom. The highest BCUT2D eigenvalue weighted by Crippen LogP contribution is 2.27. The zero-order chi connectivity index (χ0) is 23.8. The Kier molecular flexibility index (Phi) is 8.87. The van der Waals surface area contributed by atoms with Gasteiger partial charge in [-0.1, -0.05) is 45.9 Å². The van der Waals surface area contributed by atoms with Crippen molar-refractivity contribution in [2.24, 2.45) is 11.8 Å². The Bertz CT molecular complexity index is 901. The topological polar surface area (TPSA) is 107 Å². The van der Waals surface area contributed by atoms with Crippen molar-refractivity contribution in [1.29, 1.82) is 0 Å². The van der Waals surface area contributed by atoms with Crippen LogP contribution in [0.4, 0.5) is 0 Å². The second kappa shape index (κ2) is 11.4. The van der Waals surface area contributed by atoms with Gasteiger partial charge in [-0.2, -0.15) is 0 Å². The third kappa shape index (κ3) is 6.35. The molecular formula is C24H32N2O6. The molecule has 0 fully saturated rings. The fourth-order valence-electron chi connectivity index (χ4n) is 3.23. The summed E-state index contributed by atoms with van der Waals surface area (Å²) in [5.41, 5.74) is -0.233. The molecule has 8 nitrogen and oxygen atoms in total. The van der Waals surface area contributed by atoms with Gasteiger partial charge >= 0.3 is 5.97 Å². The van der Waals surface area contributed by atoms with Crippen molar-refractivity contribution < 1.29 is 28.9 Å². The molecule has 2 aromatic rings. The number of nitrogens with one attached hydrogen (secondary N) is 1. The molecule has 0 aliphatic heterocycles. The molecule has 0 saturated carbocycles. The predicted molar refractivity (Wildman–Crippen MR) is 120 cm³/mol. The normalized spacial score (nSPS) is 13.9. The fourth-order valence-corrected chi connectivity index (χ4v) is 3.23. The van der Waals surface area contributed by atoms with E-state index in [1.807, 2.05) is 44.2 Å². The Balaban J connectivity index is 2.12. The maximum Gasteiger partial charge on any atom is 0.329 e.